The zero-order valence-electron chi connectivity index (χ0n) is 12.0. The lowest BCUT2D eigenvalue weighted by Crippen LogP contribution is -2.40. The maximum atomic E-state index is 5.56. The second kappa shape index (κ2) is 6.91. The number of thiocarbonyl (C=S) groups is 1. The fourth-order valence-electron chi connectivity index (χ4n) is 2.72. The molecule has 2 heterocycles. The van der Waals surface area contributed by atoms with Gasteiger partial charge >= 0.3 is 0 Å². The molecule has 0 amide bonds. The van der Waals surface area contributed by atoms with Gasteiger partial charge in [0.25, 0.3) is 0 Å². The molecular weight excluding hydrogens is 282 g/mol. The third-order valence-corrected chi connectivity index (χ3v) is 4.16. The van der Waals surface area contributed by atoms with Gasteiger partial charge < -0.3 is 20.4 Å². The van der Waals surface area contributed by atoms with Gasteiger partial charge in [0.05, 0.1) is 6.10 Å². The van der Waals surface area contributed by atoms with E-state index in [1.54, 1.807) is 0 Å². The number of aromatic amines is 1. The summed E-state index contributed by atoms with van der Waals surface area (Å²) in [6.07, 6.45) is 5.64. The molecule has 3 rings (SSSR count). The number of H-pyrrole nitrogens is 1. The van der Waals surface area contributed by atoms with Crippen molar-refractivity contribution in [2.75, 3.05) is 19.7 Å². The van der Waals surface area contributed by atoms with Crippen molar-refractivity contribution in [1.29, 1.82) is 0 Å². The van der Waals surface area contributed by atoms with Crippen LogP contribution in [0.4, 0.5) is 0 Å². The molecule has 1 aromatic carbocycles. The van der Waals surface area contributed by atoms with E-state index in [-0.39, 0.29) is 0 Å². The van der Waals surface area contributed by atoms with Gasteiger partial charge in [-0.1, -0.05) is 18.2 Å². The van der Waals surface area contributed by atoms with Crippen LogP contribution in [-0.2, 0) is 11.2 Å². The van der Waals surface area contributed by atoms with Crippen LogP contribution in [0.2, 0.25) is 0 Å². The molecule has 0 radical (unpaired) electrons. The van der Waals surface area contributed by atoms with E-state index >= 15 is 0 Å². The summed E-state index contributed by atoms with van der Waals surface area (Å²) in [7, 11) is 0. The quantitative estimate of drug-likeness (QED) is 0.742. The third kappa shape index (κ3) is 3.74. The molecule has 1 atom stereocenters. The highest BCUT2D eigenvalue weighted by atomic mass is 32.1. The topological polar surface area (TPSA) is 49.1 Å². The monoisotopic (exact) mass is 303 g/mol. The van der Waals surface area contributed by atoms with Crippen LogP contribution < -0.4 is 10.6 Å². The number of fused-ring (bicyclic) bond motifs is 1. The van der Waals surface area contributed by atoms with Crippen molar-refractivity contribution < 1.29 is 4.74 Å². The van der Waals surface area contributed by atoms with Crippen LogP contribution in [0.1, 0.15) is 18.4 Å². The van der Waals surface area contributed by atoms with Gasteiger partial charge in [-0.05, 0) is 43.1 Å². The van der Waals surface area contributed by atoms with Crippen LogP contribution in [0.15, 0.2) is 30.5 Å². The highest BCUT2D eigenvalue weighted by molar-refractivity contribution is 7.80. The maximum absolute atomic E-state index is 5.56. The molecule has 0 saturated carbocycles. The van der Waals surface area contributed by atoms with Gasteiger partial charge in [0.1, 0.15) is 0 Å². The SMILES string of the molecule is S=C(NCCc1c[nH]c2ccccc12)NC[C@@H]1CCCO1. The Kier molecular flexibility index (Phi) is 4.72. The molecule has 1 saturated heterocycles. The molecule has 4 nitrogen and oxygen atoms in total. The molecule has 1 aliphatic heterocycles. The van der Waals surface area contributed by atoms with Crippen molar-refractivity contribution >= 4 is 28.2 Å². The molecule has 1 fully saturated rings. The molecule has 0 spiro atoms. The number of para-hydroxylation sites is 1. The first-order valence-electron chi connectivity index (χ1n) is 7.51. The van der Waals surface area contributed by atoms with Crippen LogP contribution in [0.25, 0.3) is 10.9 Å². The number of ether oxygens (including phenoxy) is 1. The van der Waals surface area contributed by atoms with Crippen LogP contribution in [0.3, 0.4) is 0 Å². The van der Waals surface area contributed by atoms with Gasteiger partial charge in [-0.25, -0.2) is 0 Å². The summed E-state index contributed by atoms with van der Waals surface area (Å²) in [6.45, 7) is 2.52. The fraction of sp³-hybridized carbons (Fsp3) is 0.438. The summed E-state index contributed by atoms with van der Waals surface area (Å²) < 4.78 is 5.56. The van der Waals surface area contributed by atoms with Gasteiger partial charge in [-0.15, -0.1) is 0 Å². The molecule has 1 aliphatic rings. The van der Waals surface area contributed by atoms with Crippen molar-refractivity contribution in [2.45, 2.75) is 25.4 Å². The first-order chi connectivity index (χ1) is 10.3. The molecule has 21 heavy (non-hydrogen) atoms. The molecule has 0 aliphatic carbocycles. The molecule has 3 N–H and O–H groups in total. The van der Waals surface area contributed by atoms with Crippen LogP contribution in [-0.4, -0.2) is 35.9 Å². The second-order valence-electron chi connectivity index (χ2n) is 5.38. The number of aromatic nitrogens is 1. The Hall–Kier alpha value is -1.59. The van der Waals surface area contributed by atoms with Crippen molar-refractivity contribution in [3.05, 3.63) is 36.0 Å². The van der Waals surface area contributed by atoms with E-state index in [1.807, 2.05) is 6.07 Å². The predicted molar refractivity (Wildman–Crippen MR) is 89.6 cm³/mol. The summed E-state index contributed by atoms with van der Waals surface area (Å²) in [5.74, 6) is 0. The summed E-state index contributed by atoms with van der Waals surface area (Å²) >= 11 is 5.29. The van der Waals surface area contributed by atoms with Gasteiger partial charge in [-0.3, -0.25) is 0 Å². The van der Waals surface area contributed by atoms with Gasteiger partial charge in [0, 0.05) is 36.8 Å². The Morgan fingerprint density at radius 2 is 2.24 bits per heavy atom. The van der Waals surface area contributed by atoms with E-state index in [1.165, 1.54) is 16.5 Å². The Labute approximate surface area is 130 Å². The number of hydrogen-bond acceptors (Lipinski definition) is 2. The minimum absolute atomic E-state index is 0.318. The van der Waals surface area contributed by atoms with Crippen molar-refractivity contribution in [3.8, 4) is 0 Å². The minimum Gasteiger partial charge on any atom is -0.376 e. The summed E-state index contributed by atoms with van der Waals surface area (Å²) in [5.41, 5.74) is 2.51. The predicted octanol–water partition coefficient (Wildman–Crippen LogP) is 2.35. The van der Waals surface area contributed by atoms with E-state index in [2.05, 4.69) is 40.0 Å². The van der Waals surface area contributed by atoms with E-state index in [0.29, 0.717) is 11.2 Å². The molecule has 2 aromatic rings. The number of benzene rings is 1. The minimum atomic E-state index is 0.318. The summed E-state index contributed by atoms with van der Waals surface area (Å²) in [6, 6.07) is 8.36. The van der Waals surface area contributed by atoms with Gasteiger partial charge in [0.2, 0.25) is 0 Å². The maximum Gasteiger partial charge on any atom is 0.166 e. The molecular formula is C16H21N3OS. The fourth-order valence-corrected chi connectivity index (χ4v) is 2.91. The smallest absolute Gasteiger partial charge is 0.166 e. The van der Waals surface area contributed by atoms with Crippen LogP contribution in [0.5, 0.6) is 0 Å². The standard InChI is InChI=1S/C16H21N3OS/c21-16(19-11-13-4-3-9-20-13)17-8-7-12-10-18-15-6-2-1-5-14(12)15/h1-2,5-6,10,13,18H,3-4,7-9,11H2,(H2,17,19,21)/t13-/m0/s1. The molecule has 1 aromatic heterocycles. The molecule has 0 bridgehead atoms. The normalized spacial score (nSPS) is 18.0. The highest BCUT2D eigenvalue weighted by Crippen LogP contribution is 2.17. The van der Waals surface area contributed by atoms with Crippen molar-refractivity contribution in [2.24, 2.45) is 0 Å². The molecule has 112 valence electrons. The first-order valence-corrected chi connectivity index (χ1v) is 7.92. The Balaban J connectivity index is 1.42. The largest absolute Gasteiger partial charge is 0.376 e. The lowest BCUT2D eigenvalue weighted by molar-refractivity contribution is 0.114. The zero-order chi connectivity index (χ0) is 14.5. The highest BCUT2D eigenvalue weighted by Gasteiger charge is 2.15. The van der Waals surface area contributed by atoms with E-state index in [9.17, 15) is 0 Å². The van der Waals surface area contributed by atoms with E-state index < -0.39 is 0 Å². The Morgan fingerprint density at radius 3 is 3.10 bits per heavy atom. The third-order valence-electron chi connectivity index (χ3n) is 3.87. The Morgan fingerprint density at radius 1 is 1.33 bits per heavy atom. The average Bonchev–Trinajstić information content (AvgIpc) is 3.15. The molecule has 5 heteroatoms. The lowest BCUT2D eigenvalue weighted by atomic mass is 10.1. The average molecular weight is 303 g/mol. The second-order valence-corrected chi connectivity index (χ2v) is 5.79. The Bertz CT molecular complexity index is 604. The summed E-state index contributed by atoms with van der Waals surface area (Å²) in [5, 5.41) is 8.49. The van der Waals surface area contributed by atoms with Crippen LogP contribution >= 0.6 is 12.2 Å². The first kappa shape index (κ1) is 14.4. The van der Waals surface area contributed by atoms with Gasteiger partial charge in [0.15, 0.2) is 5.11 Å². The van der Waals surface area contributed by atoms with E-state index in [0.717, 1.165) is 39.0 Å². The lowest BCUT2D eigenvalue weighted by Gasteiger charge is -2.13. The van der Waals surface area contributed by atoms with Crippen molar-refractivity contribution in [1.82, 2.24) is 15.6 Å². The number of rotatable bonds is 5. The number of hydrogen-bond donors (Lipinski definition) is 3. The number of nitrogens with one attached hydrogen (secondary N) is 3. The van der Waals surface area contributed by atoms with E-state index in [4.69, 9.17) is 17.0 Å². The molecule has 0 unspecified atom stereocenters. The van der Waals surface area contributed by atoms with Crippen molar-refractivity contribution in [3.63, 3.8) is 0 Å². The van der Waals surface area contributed by atoms with Gasteiger partial charge in [-0.2, -0.15) is 0 Å². The summed E-state index contributed by atoms with van der Waals surface area (Å²) in [4.78, 5) is 3.30. The zero-order valence-corrected chi connectivity index (χ0v) is 12.8. The van der Waals surface area contributed by atoms with Crippen LogP contribution in [0, 0.1) is 0 Å².